The minimum atomic E-state index is -0.840. The van der Waals surface area contributed by atoms with E-state index < -0.39 is 12.1 Å². The molecule has 0 aliphatic heterocycles. The molecule has 23 heavy (non-hydrogen) atoms. The van der Waals surface area contributed by atoms with Gasteiger partial charge in [0, 0.05) is 6.54 Å². The number of ether oxygens (including phenoxy) is 1. The average Bonchev–Trinajstić information content (AvgIpc) is 2.55. The van der Waals surface area contributed by atoms with Gasteiger partial charge in [-0.25, -0.2) is 4.79 Å². The van der Waals surface area contributed by atoms with Crippen molar-refractivity contribution in [3.05, 3.63) is 70.8 Å². The Bertz CT molecular complexity index is 695. The summed E-state index contributed by atoms with van der Waals surface area (Å²) in [6.07, 6.45) is -0.840. The molecule has 0 radical (unpaired) electrons. The Hall–Kier alpha value is -2.62. The quantitative estimate of drug-likeness (QED) is 0.863. The van der Waals surface area contributed by atoms with Crippen LogP contribution in [0.15, 0.2) is 48.5 Å². The molecule has 0 bridgehead atoms. The van der Waals surface area contributed by atoms with E-state index >= 15 is 0 Å². The van der Waals surface area contributed by atoms with Crippen molar-refractivity contribution >= 4 is 11.9 Å². The molecule has 0 saturated heterocycles. The van der Waals surface area contributed by atoms with Gasteiger partial charge >= 0.3 is 5.97 Å². The Kier molecular flexibility index (Phi) is 5.52. The second kappa shape index (κ2) is 7.58. The van der Waals surface area contributed by atoms with Gasteiger partial charge in [-0.1, -0.05) is 36.4 Å². The summed E-state index contributed by atoms with van der Waals surface area (Å²) in [5, 5.41) is 2.76. The summed E-state index contributed by atoms with van der Waals surface area (Å²) in [6, 6.07) is 14.9. The first-order valence-electron chi connectivity index (χ1n) is 7.57. The van der Waals surface area contributed by atoms with Crippen molar-refractivity contribution in [1.82, 2.24) is 5.32 Å². The SMILES string of the molecule is Cc1ccc(C(=O)O[C@@H](C)C(=O)NCc2ccccc2)cc1C. The minimum Gasteiger partial charge on any atom is -0.449 e. The molecule has 1 amide bonds. The predicted octanol–water partition coefficient (Wildman–Crippen LogP) is 3.17. The molecule has 2 aromatic carbocycles. The summed E-state index contributed by atoms with van der Waals surface area (Å²) < 4.78 is 5.23. The first-order valence-corrected chi connectivity index (χ1v) is 7.57. The molecular formula is C19H21NO3. The molecule has 4 nitrogen and oxygen atoms in total. The van der Waals surface area contributed by atoms with E-state index in [4.69, 9.17) is 4.74 Å². The number of aryl methyl sites for hydroxylation is 2. The maximum atomic E-state index is 12.1. The molecule has 0 saturated carbocycles. The summed E-state index contributed by atoms with van der Waals surface area (Å²) in [5.41, 5.74) is 3.57. The third-order valence-corrected chi connectivity index (χ3v) is 3.71. The average molecular weight is 311 g/mol. The number of esters is 1. The van der Waals surface area contributed by atoms with Crippen molar-refractivity contribution in [2.75, 3.05) is 0 Å². The number of rotatable bonds is 5. The molecule has 0 aliphatic rings. The molecule has 0 aliphatic carbocycles. The van der Waals surface area contributed by atoms with E-state index in [1.807, 2.05) is 50.2 Å². The highest BCUT2D eigenvalue weighted by atomic mass is 16.5. The van der Waals surface area contributed by atoms with Crippen molar-refractivity contribution in [1.29, 1.82) is 0 Å². The van der Waals surface area contributed by atoms with Crippen LogP contribution in [-0.4, -0.2) is 18.0 Å². The molecule has 1 N–H and O–H groups in total. The molecule has 4 heteroatoms. The normalized spacial score (nSPS) is 11.6. The molecule has 0 fully saturated rings. The second-order valence-electron chi connectivity index (χ2n) is 5.55. The van der Waals surface area contributed by atoms with Crippen LogP contribution in [0.5, 0.6) is 0 Å². The third kappa shape index (κ3) is 4.68. The van der Waals surface area contributed by atoms with E-state index in [1.165, 1.54) is 0 Å². The zero-order chi connectivity index (χ0) is 16.8. The van der Waals surface area contributed by atoms with Crippen LogP contribution in [0.25, 0.3) is 0 Å². The van der Waals surface area contributed by atoms with Gasteiger partial charge in [0.05, 0.1) is 5.56 Å². The second-order valence-corrected chi connectivity index (χ2v) is 5.55. The standard InChI is InChI=1S/C19H21NO3/c1-13-9-10-17(11-14(13)2)19(22)23-15(3)18(21)20-12-16-7-5-4-6-8-16/h4-11,15H,12H2,1-3H3,(H,20,21)/t15-/m0/s1. The Labute approximate surface area is 136 Å². The predicted molar refractivity (Wildman–Crippen MR) is 89.1 cm³/mol. The zero-order valence-corrected chi connectivity index (χ0v) is 13.6. The molecular weight excluding hydrogens is 290 g/mol. The maximum Gasteiger partial charge on any atom is 0.338 e. The van der Waals surface area contributed by atoms with Crippen LogP contribution >= 0.6 is 0 Å². The van der Waals surface area contributed by atoms with Crippen LogP contribution in [0.3, 0.4) is 0 Å². The van der Waals surface area contributed by atoms with Gasteiger partial charge in [-0.15, -0.1) is 0 Å². The van der Waals surface area contributed by atoms with Gasteiger partial charge in [-0.3, -0.25) is 4.79 Å². The molecule has 0 spiro atoms. The van der Waals surface area contributed by atoms with Crippen LogP contribution in [-0.2, 0) is 16.1 Å². The summed E-state index contributed by atoms with van der Waals surface area (Å²) in [6.45, 7) is 5.89. The van der Waals surface area contributed by atoms with Gasteiger partial charge in [0.15, 0.2) is 6.10 Å². The Morgan fingerprint density at radius 3 is 2.39 bits per heavy atom. The van der Waals surface area contributed by atoms with E-state index in [0.717, 1.165) is 16.7 Å². The molecule has 1 atom stereocenters. The highest BCUT2D eigenvalue weighted by Gasteiger charge is 2.18. The Morgan fingerprint density at radius 2 is 1.74 bits per heavy atom. The fraction of sp³-hybridized carbons (Fsp3) is 0.263. The lowest BCUT2D eigenvalue weighted by Gasteiger charge is -2.14. The van der Waals surface area contributed by atoms with Crippen molar-refractivity contribution < 1.29 is 14.3 Å². The summed E-state index contributed by atoms with van der Waals surface area (Å²) >= 11 is 0. The van der Waals surface area contributed by atoms with E-state index in [-0.39, 0.29) is 5.91 Å². The minimum absolute atomic E-state index is 0.314. The first-order chi connectivity index (χ1) is 11.0. The lowest BCUT2D eigenvalue weighted by molar-refractivity contribution is -0.129. The highest BCUT2D eigenvalue weighted by Crippen LogP contribution is 2.12. The van der Waals surface area contributed by atoms with Crippen molar-refractivity contribution in [3.63, 3.8) is 0 Å². The molecule has 0 aromatic heterocycles. The monoisotopic (exact) mass is 311 g/mol. The van der Waals surface area contributed by atoms with Gasteiger partial charge in [0.1, 0.15) is 0 Å². The van der Waals surface area contributed by atoms with Gasteiger partial charge in [0.2, 0.25) is 0 Å². The van der Waals surface area contributed by atoms with Crippen LogP contribution in [0, 0.1) is 13.8 Å². The summed E-state index contributed by atoms with van der Waals surface area (Å²) in [7, 11) is 0. The van der Waals surface area contributed by atoms with Crippen molar-refractivity contribution in [2.24, 2.45) is 0 Å². The van der Waals surface area contributed by atoms with Crippen LogP contribution in [0.1, 0.15) is 34.0 Å². The number of carbonyl (C=O) groups is 2. The van der Waals surface area contributed by atoms with Gasteiger partial charge < -0.3 is 10.1 Å². The smallest absolute Gasteiger partial charge is 0.338 e. The molecule has 0 unspecified atom stereocenters. The van der Waals surface area contributed by atoms with Crippen molar-refractivity contribution in [3.8, 4) is 0 Å². The molecule has 2 rings (SSSR count). The number of nitrogens with one attached hydrogen (secondary N) is 1. The highest BCUT2D eigenvalue weighted by molar-refractivity contribution is 5.92. The number of carbonyl (C=O) groups excluding carboxylic acids is 2. The van der Waals surface area contributed by atoms with Crippen LogP contribution in [0.2, 0.25) is 0 Å². The number of amides is 1. The van der Waals surface area contributed by atoms with Crippen LogP contribution in [0.4, 0.5) is 0 Å². The lowest BCUT2D eigenvalue weighted by Crippen LogP contribution is -2.35. The molecule has 2 aromatic rings. The van der Waals surface area contributed by atoms with Gasteiger partial charge in [0.25, 0.3) is 5.91 Å². The molecule has 0 heterocycles. The molecule has 120 valence electrons. The number of benzene rings is 2. The topological polar surface area (TPSA) is 55.4 Å². The van der Waals surface area contributed by atoms with Gasteiger partial charge in [-0.05, 0) is 49.6 Å². The first kappa shape index (κ1) is 16.7. The fourth-order valence-corrected chi connectivity index (χ4v) is 2.08. The van der Waals surface area contributed by atoms with Crippen molar-refractivity contribution in [2.45, 2.75) is 33.4 Å². The zero-order valence-electron chi connectivity index (χ0n) is 13.6. The Morgan fingerprint density at radius 1 is 1.04 bits per heavy atom. The van der Waals surface area contributed by atoms with E-state index in [0.29, 0.717) is 12.1 Å². The third-order valence-electron chi connectivity index (χ3n) is 3.71. The largest absolute Gasteiger partial charge is 0.449 e. The number of hydrogen-bond acceptors (Lipinski definition) is 3. The number of hydrogen-bond donors (Lipinski definition) is 1. The van der Waals surface area contributed by atoms with Gasteiger partial charge in [-0.2, -0.15) is 0 Å². The Balaban J connectivity index is 1.89. The maximum absolute atomic E-state index is 12.1. The summed E-state index contributed by atoms with van der Waals surface area (Å²) in [4.78, 5) is 24.1. The summed E-state index contributed by atoms with van der Waals surface area (Å²) in [5.74, 6) is -0.804. The fourth-order valence-electron chi connectivity index (χ4n) is 2.08. The van der Waals surface area contributed by atoms with Crippen LogP contribution < -0.4 is 5.32 Å². The van der Waals surface area contributed by atoms with E-state index in [1.54, 1.807) is 19.1 Å². The van der Waals surface area contributed by atoms with E-state index in [9.17, 15) is 9.59 Å². The lowest BCUT2D eigenvalue weighted by atomic mass is 10.1. The van der Waals surface area contributed by atoms with E-state index in [2.05, 4.69) is 5.32 Å².